The third kappa shape index (κ3) is 2.93. The second kappa shape index (κ2) is 5.99. The number of nitrogens with one attached hydrogen (secondary N) is 1. The normalized spacial score (nSPS) is 13.5. The third-order valence-electron chi connectivity index (χ3n) is 3.37. The molecule has 0 saturated carbocycles. The fourth-order valence-electron chi connectivity index (χ4n) is 2.26. The van der Waals surface area contributed by atoms with Gasteiger partial charge in [-0.15, -0.1) is 0 Å². The molecule has 0 fully saturated rings. The summed E-state index contributed by atoms with van der Waals surface area (Å²) in [6.45, 7) is 0.206. The maximum absolute atomic E-state index is 11.7. The Kier molecular flexibility index (Phi) is 4.05. The van der Waals surface area contributed by atoms with E-state index in [4.69, 9.17) is 27.9 Å². The number of benzene rings is 2. The number of rotatable bonds is 3. The average Bonchev–Trinajstić information content (AvgIpc) is 2.46. The first kappa shape index (κ1) is 14.9. The van der Waals surface area contributed by atoms with Crippen LogP contribution in [-0.4, -0.2) is 11.8 Å². The highest BCUT2D eigenvalue weighted by molar-refractivity contribution is 6.35. The first-order valence-electron chi connectivity index (χ1n) is 6.57. The number of hydrogen-bond acceptors (Lipinski definition) is 3. The summed E-state index contributed by atoms with van der Waals surface area (Å²) in [5.41, 5.74) is 1.83. The Morgan fingerprint density at radius 1 is 1.09 bits per heavy atom. The Balaban J connectivity index is 1.81. The topological polar surface area (TPSA) is 55.4 Å². The van der Waals surface area contributed by atoms with Gasteiger partial charge in [0.2, 0.25) is 5.91 Å². The van der Waals surface area contributed by atoms with E-state index in [0.717, 1.165) is 0 Å². The number of ether oxygens (including phenoxy) is 1. The van der Waals surface area contributed by atoms with Crippen LogP contribution < -0.4 is 10.1 Å². The Labute approximate surface area is 137 Å². The molecule has 0 radical (unpaired) electrons. The number of carbonyl (C=O) groups is 2. The minimum absolute atomic E-state index is 0.158. The molecule has 2 aromatic carbocycles. The van der Waals surface area contributed by atoms with E-state index in [1.807, 2.05) is 0 Å². The third-order valence-corrected chi connectivity index (χ3v) is 4.08. The summed E-state index contributed by atoms with van der Waals surface area (Å²) < 4.78 is 5.68. The molecular formula is C16H11Cl2NO3. The van der Waals surface area contributed by atoms with Gasteiger partial charge in [-0.05, 0) is 35.9 Å². The molecule has 0 aliphatic carbocycles. The summed E-state index contributed by atoms with van der Waals surface area (Å²) in [6, 6.07) is 10.2. The largest absolute Gasteiger partial charge is 0.489 e. The second-order valence-electron chi connectivity index (χ2n) is 4.86. The highest BCUT2D eigenvalue weighted by atomic mass is 35.5. The van der Waals surface area contributed by atoms with Crippen LogP contribution in [0.5, 0.6) is 5.75 Å². The minimum Gasteiger partial charge on any atom is -0.489 e. The van der Waals surface area contributed by atoms with Crippen molar-refractivity contribution in [1.29, 1.82) is 0 Å². The first-order valence-corrected chi connectivity index (χ1v) is 7.33. The Hall–Kier alpha value is -2.04. The molecule has 0 bridgehead atoms. The van der Waals surface area contributed by atoms with E-state index in [0.29, 0.717) is 32.5 Å². The van der Waals surface area contributed by atoms with Crippen LogP contribution in [0.2, 0.25) is 10.0 Å². The van der Waals surface area contributed by atoms with Crippen LogP contribution in [0, 0.1) is 0 Å². The molecule has 112 valence electrons. The zero-order valence-corrected chi connectivity index (χ0v) is 12.9. The maximum atomic E-state index is 11.7. The van der Waals surface area contributed by atoms with Crippen LogP contribution in [-0.2, 0) is 17.8 Å². The zero-order valence-electron chi connectivity index (χ0n) is 11.4. The Morgan fingerprint density at radius 2 is 1.82 bits per heavy atom. The van der Waals surface area contributed by atoms with Crippen molar-refractivity contribution in [3.63, 3.8) is 0 Å². The van der Waals surface area contributed by atoms with E-state index in [9.17, 15) is 9.59 Å². The number of amides is 2. The van der Waals surface area contributed by atoms with E-state index in [1.165, 1.54) is 0 Å². The van der Waals surface area contributed by atoms with E-state index in [-0.39, 0.29) is 24.8 Å². The van der Waals surface area contributed by atoms with Crippen molar-refractivity contribution >= 4 is 35.0 Å². The van der Waals surface area contributed by atoms with Crippen molar-refractivity contribution in [3.8, 4) is 5.75 Å². The lowest BCUT2D eigenvalue weighted by Crippen LogP contribution is -2.37. The molecule has 4 nitrogen and oxygen atoms in total. The van der Waals surface area contributed by atoms with Gasteiger partial charge >= 0.3 is 0 Å². The van der Waals surface area contributed by atoms with Gasteiger partial charge in [0, 0.05) is 21.2 Å². The highest BCUT2D eigenvalue weighted by Gasteiger charge is 2.22. The molecule has 0 atom stereocenters. The number of hydrogen-bond donors (Lipinski definition) is 1. The number of carbonyl (C=O) groups excluding carboxylic acids is 2. The summed E-state index contributed by atoms with van der Waals surface area (Å²) in [4.78, 5) is 23.1. The van der Waals surface area contributed by atoms with E-state index >= 15 is 0 Å². The van der Waals surface area contributed by atoms with Gasteiger partial charge in [0.15, 0.2) is 0 Å². The van der Waals surface area contributed by atoms with Gasteiger partial charge in [0.25, 0.3) is 5.91 Å². The molecule has 0 spiro atoms. The molecule has 1 N–H and O–H groups in total. The minimum atomic E-state index is -0.382. The van der Waals surface area contributed by atoms with Gasteiger partial charge in [-0.25, -0.2) is 0 Å². The summed E-state index contributed by atoms with van der Waals surface area (Å²) in [7, 11) is 0. The average molecular weight is 336 g/mol. The zero-order chi connectivity index (χ0) is 15.7. The molecule has 0 unspecified atom stereocenters. The molecule has 22 heavy (non-hydrogen) atoms. The van der Waals surface area contributed by atoms with E-state index in [1.54, 1.807) is 36.4 Å². The first-order chi connectivity index (χ1) is 10.5. The standard InChI is InChI=1S/C16H11Cl2NO3/c17-13-2-1-3-14(18)12(13)8-22-10-4-5-11-9(6-10)7-15(20)19-16(11)21/h1-6H,7-8H2,(H,19,20,21). The number of fused-ring (bicyclic) bond motifs is 1. The van der Waals surface area contributed by atoms with E-state index < -0.39 is 0 Å². The van der Waals surface area contributed by atoms with Gasteiger partial charge in [-0.2, -0.15) is 0 Å². The van der Waals surface area contributed by atoms with Crippen LogP contribution in [0.4, 0.5) is 0 Å². The molecule has 1 heterocycles. The van der Waals surface area contributed by atoms with Crippen LogP contribution in [0.15, 0.2) is 36.4 Å². The summed E-state index contributed by atoms with van der Waals surface area (Å²) in [5.74, 6) is -0.145. The van der Waals surface area contributed by atoms with Crippen LogP contribution in [0.25, 0.3) is 0 Å². The molecule has 0 aromatic heterocycles. The van der Waals surface area contributed by atoms with E-state index in [2.05, 4.69) is 5.32 Å². The predicted octanol–water partition coefficient (Wildman–Crippen LogP) is 3.38. The Bertz CT molecular complexity index is 754. The molecule has 3 rings (SSSR count). The van der Waals surface area contributed by atoms with Crippen molar-refractivity contribution in [2.24, 2.45) is 0 Å². The summed E-state index contributed by atoms with van der Waals surface area (Å²) in [6.07, 6.45) is 0.158. The van der Waals surface area contributed by atoms with Gasteiger partial charge in [0.1, 0.15) is 12.4 Å². The SMILES string of the molecule is O=C1Cc2cc(OCc3c(Cl)cccc3Cl)ccc2C(=O)N1. The van der Waals surface area contributed by atoms with Crippen LogP contribution >= 0.6 is 23.2 Å². The smallest absolute Gasteiger partial charge is 0.258 e. The fourth-order valence-corrected chi connectivity index (χ4v) is 2.77. The maximum Gasteiger partial charge on any atom is 0.258 e. The monoisotopic (exact) mass is 335 g/mol. The molecule has 0 saturated heterocycles. The van der Waals surface area contributed by atoms with Crippen molar-refractivity contribution in [1.82, 2.24) is 5.32 Å². The highest BCUT2D eigenvalue weighted by Crippen LogP contribution is 2.27. The van der Waals surface area contributed by atoms with Gasteiger partial charge < -0.3 is 4.74 Å². The molecule has 6 heteroatoms. The molecule has 1 aliphatic rings. The predicted molar refractivity (Wildman–Crippen MR) is 83.4 cm³/mol. The van der Waals surface area contributed by atoms with Crippen molar-refractivity contribution in [2.75, 3.05) is 0 Å². The van der Waals surface area contributed by atoms with Gasteiger partial charge in [-0.3, -0.25) is 14.9 Å². The van der Waals surface area contributed by atoms with Crippen molar-refractivity contribution in [3.05, 3.63) is 63.1 Å². The summed E-state index contributed by atoms with van der Waals surface area (Å²) >= 11 is 12.2. The summed E-state index contributed by atoms with van der Waals surface area (Å²) in [5, 5.41) is 3.33. The van der Waals surface area contributed by atoms with Gasteiger partial charge in [0.05, 0.1) is 6.42 Å². The number of halogens is 2. The lowest BCUT2D eigenvalue weighted by Gasteiger charge is -2.16. The molecular weight excluding hydrogens is 325 g/mol. The lowest BCUT2D eigenvalue weighted by molar-refractivity contribution is -0.119. The lowest BCUT2D eigenvalue weighted by atomic mass is 10.00. The fraction of sp³-hybridized carbons (Fsp3) is 0.125. The van der Waals surface area contributed by atoms with Crippen molar-refractivity contribution in [2.45, 2.75) is 13.0 Å². The Morgan fingerprint density at radius 3 is 2.55 bits per heavy atom. The van der Waals surface area contributed by atoms with Gasteiger partial charge in [-0.1, -0.05) is 29.3 Å². The van der Waals surface area contributed by atoms with Crippen LogP contribution in [0.1, 0.15) is 21.5 Å². The number of imide groups is 1. The quantitative estimate of drug-likeness (QED) is 0.874. The molecule has 2 aromatic rings. The molecule has 2 amide bonds. The molecule has 1 aliphatic heterocycles. The second-order valence-corrected chi connectivity index (χ2v) is 5.68. The van der Waals surface area contributed by atoms with Crippen LogP contribution in [0.3, 0.4) is 0 Å². The van der Waals surface area contributed by atoms with Crippen molar-refractivity contribution < 1.29 is 14.3 Å².